The van der Waals surface area contributed by atoms with Gasteiger partial charge >= 0.3 is 0 Å². The number of hydrogen-bond donors (Lipinski definition) is 1. The van der Waals surface area contributed by atoms with Gasteiger partial charge in [0.1, 0.15) is 0 Å². The number of amides is 2. The van der Waals surface area contributed by atoms with Crippen LogP contribution in [0.4, 0.5) is 0 Å². The first-order valence-electron chi connectivity index (χ1n) is 7.93. The van der Waals surface area contributed by atoms with Crippen LogP contribution in [0.5, 0.6) is 0 Å². The van der Waals surface area contributed by atoms with Crippen molar-refractivity contribution in [1.29, 1.82) is 0 Å². The molecule has 0 aromatic heterocycles. The molecule has 2 N–H and O–H groups in total. The summed E-state index contributed by atoms with van der Waals surface area (Å²) in [5.74, 6) is -0.578. The van der Waals surface area contributed by atoms with Crippen LogP contribution < -0.4 is 5.73 Å². The van der Waals surface area contributed by atoms with Gasteiger partial charge in [-0.05, 0) is 36.8 Å². The number of hydrogen-bond acceptors (Lipinski definition) is 3. The van der Waals surface area contributed by atoms with Gasteiger partial charge < -0.3 is 15.4 Å². The van der Waals surface area contributed by atoms with Crippen molar-refractivity contribution in [3.05, 3.63) is 71.3 Å². The number of rotatable bonds is 3. The van der Waals surface area contributed by atoms with Crippen molar-refractivity contribution >= 4 is 11.8 Å². The monoisotopic (exact) mass is 324 g/mol. The van der Waals surface area contributed by atoms with Crippen LogP contribution in [0.15, 0.2) is 54.6 Å². The van der Waals surface area contributed by atoms with Crippen LogP contribution in [0.3, 0.4) is 0 Å². The molecule has 5 heteroatoms. The maximum atomic E-state index is 13.0. The summed E-state index contributed by atoms with van der Waals surface area (Å²) in [5.41, 5.74) is 7.22. The summed E-state index contributed by atoms with van der Waals surface area (Å²) >= 11 is 0. The predicted octanol–water partition coefficient (Wildman–Crippen LogP) is 2.39. The lowest BCUT2D eigenvalue weighted by Gasteiger charge is -2.39. The van der Waals surface area contributed by atoms with Gasteiger partial charge in [0, 0.05) is 17.7 Å². The first-order valence-corrected chi connectivity index (χ1v) is 7.93. The molecule has 0 unspecified atom stereocenters. The van der Waals surface area contributed by atoms with Crippen LogP contribution >= 0.6 is 0 Å². The Hall–Kier alpha value is -2.66. The van der Waals surface area contributed by atoms with E-state index >= 15 is 0 Å². The molecule has 124 valence electrons. The SMILES string of the molecule is C[C@@H]1CN(C(=O)c2ccc(C(N)=O)cc2)[C@H](c2ccccc2)CO1. The molecule has 5 nitrogen and oxygen atoms in total. The molecule has 3 rings (SSSR count). The first-order chi connectivity index (χ1) is 11.6. The van der Waals surface area contributed by atoms with E-state index in [0.717, 1.165) is 5.56 Å². The lowest BCUT2D eigenvalue weighted by Crippen LogP contribution is -2.46. The quantitative estimate of drug-likeness (QED) is 0.942. The van der Waals surface area contributed by atoms with Crippen molar-refractivity contribution in [2.75, 3.05) is 13.2 Å². The summed E-state index contributed by atoms with van der Waals surface area (Å²) in [5, 5.41) is 0. The van der Waals surface area contributed by atoms with Gasteiger partial charge in [0.15, 0.2) is 0 Å². The van der Waals surface area contributed by atoms with E-state index in [1.54, 1.807) is 24.3 Å². The molecule has 2 aromatic carbocycles. The summed E-state index contributed by atoms with van der Waals surface area (Å²) in [6.45, 7) is 2.95. The number of morpholine rings is 1. The molecule has 2 aromatic rings. The smallest absolute Gasteiger partial charge is 0.254 e. The second kappa shape index (κ2) is 6.84. The van der Waals surface area contributed by atoms with Crippen molar-refractivity contribution in [2.24, 2.45) is 5.73 Å². The molecule has 2 atom stereocenters. The van der Waals surface area contributed by atoms with Crippen LogP contribution in [0.2, 0.25) is 0 Å². The highest BCUT2D eigenvalue weighted by atomic mass is 16.5. The minimum absolute atomic E-state index is 0.0150. The number of nitrogens with two attached hydrogens (primary N) is 1. The number of nitrogens with zero attached hydrogens (tertiary/aromatic N) is 1. The van der Waals surface area contributed by atoms with Crippen molar-refractivity contribution in [2.45, 2.75) is 19.1 Å². The van der Waals surface area contributed by atoms with Crippen molar-refractivity contribution in [3.8, 4) is 0 Å². The molecule has 24 heavy (non-hydrogen) atoms. The van der Waals surface area contributed by atoms with E-state index in [1.165, 1.54) is 0 Å². The first kappa shape index (κ1) is 16.2. The Bertz CT molecular complexity index is 728. The molecule has 1 fully saturated rings. The molecular weight excluding hydrogens is 304 g/mol. The lowest BCUT2D eigenvalue weighted by molar-refractivity contribution is -0.0447. The van der Waals surface area contributed by atoms with E-state index in [9.17, 15) is 9.59 Å². The van der Waals surface area contributed by atoms with Gasteiger partial charge in [0.2, 0.25) is 5.91 Å². The fraction of sp³-hybridized carbons (Fsp3) is 0.263. The van der Waals surface area contributed by atoms with Gasteiger partial charge in [-0.2, -0.15) is 0 Å². The zero-order chi connectivity index (χ0) is 17.1. The molecule has 1 heterocycles. The second-order valence-corrected chi connectivity index (χ2v) is 5.97. The van der Waals surface area contributed by atoms with Crippen LogP contribution in [-0.4, -0.2) is 36.0 Å². The average Bonchev–Trinajstić information content (AvgIpc) is 2.62. The molecule has 0 spiro atoms. The van der Waals surface area contributed by atoms with Crippen molar-refractivity contribution in [1.82, 2.24) is 4.90 Å². The Morgan fingerprint density at radius 1 is 1.04 bits per heavy atom. The van der Waals surface area contributed by atoms with Gasteiger partial charge in [0.05, 0.1) is 18.8 Å². The minimum atomic E-state index is -0.504. The maximum Gasteiger partial charge on any atom is 0.254 e. The molecule has 0 saturated carbocycles. The Kier molecular flexibility index (Phi) is 4.62. The Balaban J connectivity index is 1.88. The summed E-state index contributed by atoms with van der Waals surface area (Å²) in [6, 6.07) is 16.2. The Labute approximate surface area is 141 Å². The zero-order valence-electron chi connectivity index (χ0n) is 13.5. The number of benzene rings is 2. The number of primary amides is 1. The highest BCUT2D eigenvalue weighted by Gasteiger charge is 2.32. The topological polar surface area (TPSA) is 72.6 Å². The van der Waals surface area contributed by atoms with Crippen LogP contribution in [-0.2, 0) is 4.74 Å². The van der Waals surface area contributed by atoms with Gasteiger partial charge in [-0.25, -0.2) is 0 Å². The van der Waals surface area contributed by atoms with Gasteiger partial charge in [-0.15, -0.1) is 0 Å². The average molecular weight is 324 g/mol. The summed E-state index contributed by atoms with van der Waals surface area (Å²) in [7, 11) is 0. The maximum absolute atomic E-state index is 13.0. The molecule has 1 aliphatic rings. The second-order valence-electron chi connectivity index (χ2n) is 5.97. The third kappa shape index (κ3) is 3.31. The Morgan fingerprint density at radius 3 is 2.29 bits per heavy atom. The number of carbonyl (C=O) groups excluding carboxylic acids is 2. The molecule has 1 saturated heterocycles. The normalized spacial score (nSPS) is 20.6. The van der Waals surface area contributed by atoms with Gasteiger partial charge in [-0.1, -0.05) is 30.3 Å². The largest absolute Gasteiger partial charge is 0.374 e. The van der Waals surface area contributed by atoms with E-state index in [-0.39, 0.29) is 18.1 Å². The fourth-order valence-electron chi connectivity index (χ4n) is 2.92. The van der Waals surface area contributed by atoms with E-state index < -0.39 is 5.91 Å². The van der Waals surface area contributed by atoms with E-state index in [4.69, 9.17) is 10.5 Å². The highest BCUT2D eigenvalue weighted by molar-refractivity contribution is 5.97. The van der Waals surface area contributed by atoms with E-state index in [1.807, 2.05) is 42.2 Å². The standard InChI is InChI=1S/C19H20N2O3/c1-13-11-21(17(12-24-13)14-5-3-2-4-6-14)19(23)16-9-7-15(8-10-16)18(20)22/h2-10,13,17H,11-12H2,1H3,(H2,20,22)/t13-,17+/m1/s1. The molecule has 2 amide bonds. The molecule has 0 radical (unpaired) electrons. The third-order valence-electron chi connectivity index (χ3n) is 4.23. The van der Waals surface area contributed by atoms with Crippen LogP contribution in [0.25, 0.3) is 0 Å². The lowest BCUT2D eigenvalue weighted by atomic mass is 10.0. The summed E-state index contributed by atoms with van der Waals surface area (Å²) in [6.07, 6.45) is -0.0150. The van der Waals surface area contributed by atoms with Crippen molar-refractivity contribution in [3.63, 3.8) is 0 Å². The van der Waals surface area contributed by atoms with Crippen molar-refractivity contribution < 1.29 is 14.3 Å². The zero-order valence-corrected chi connectivity index (χ0v) is 13.5. The Morgan fingerprint density at radius 2 is 1.67 bits per heavy atom. The summed E-state index contributed by atoms with van der Waals surface area (Å²) in [4.78, 5) is 26.0. The van der Waals surface area contributed by atoms with Gasteiger partial charge in [0.25, 0.3) is 5.91 Å². The summed E-state index contributed by atoms with van der Waals surface area (Å²) < 4.78 is 5.76. The molecule has 1 aliphatic heterocycles. The van der Waals surface area contributed by atoms with E-state index in [2.05, 4.69) is 0 Å². The molecular formula is C19H20N2O3. The third-order valence-corrected chi connectivity index (χ3v) is 4.23. The highest BCUT2D eigenvalue weighted by Crippen LogP contribution is 2.27. The van der Waals surface area contributed by atoms with Gasteiger partial charge in [-0.3, -0.25) is 9.59 Å². The van der Waals surface area contributed by atoms with Crippen LogP contribution in [0.1, 0.15) is 39.2 Å². The fourth-order valence-corrected chi connectivity index (χ4v) is 2.92. The molecule has 0 aliphatic carbocycles. The number of ether oxygens (including phenoxy) is 1. The molecule has 0 bridgehead atoms. The van der Waals surface area contributed by atoms with E-state index in [0.29, 0.717) is 24.3 Å². The van der Waals surface area contributed by atoms with Crippen LogP contribution in [0, 0.1) is 0 Å². The number of carbonyl (C=O) groups is 2. The minimum Gasteiger partial charge on any atom is -0.374 e. The predicted molar refractivity (Wildman–Crippen MR) is 90.6 cm³/mol.